The topological polar surface area (TPSA) is 67.3 Å². The maximum atomic E-state index is 12.5. The minimum Gasteiger partial charge on any atom is -0.383 e. The molecule has 4 rings (SSSR count). The molecule has 0 spiro atoms. The van der Waals surface area contributed by atoms with E-state index in [9.17, 15) is 4.79 Å². The summed E-state index contributed by atoms with van der Waals surface area (Å²) in [5.74, 6) is 1.35. The minimum absolute atomic E-state index is 0.0172. The summed E-state index contributed by atoms with van der Waals surface area (Å²) in [6, 6.07) is 25.9. The lowest BCUT2D eigenvalue weighted by molar-refractivity contribution is -0.121. The van der Waals surface area contributed by atoms with Gasteiger partial charge in [-0.2, -0.15) is 0 Å². The number of aromatic nitrogens is 2. The molecule has 35 heavy (non-hydrogen) atoms. The summed E-state index contributed by atoms with van der Waals surface area (Å²) in [5.41, 5.74) is 2.84. The highest BCUT2D eigenvalue weighted by atomic mass is 35.5. The average Bonchev–Trinajstić information content (AvgIpc) is 2.89. The fourth-order valence-corrected chi connectivity index (χ4v) is 4.13. The highest BCUT2D eigenvalue weighted by Crippen LogP contribution is 2.31. The van der Waals surface area contributed by atoms with Gasteiger partial charge in [-0.1, -0.05) is 66.2 Å². The van der Waals surface area contributed by atoms with Crippen molar-refractivity contribution in [1.82, 2.24) is 15.3 Å². The number of halogens is 1. The van der Waals surface area contributed by atoms with Crippen LogP contribution in [-0.4, -0.2) is 49.2 Å². The molecule has 0 atom stereocenters. The Hall–Kier alpha value is -3.48. The molecular formula is C28H29ClN4O2. The zero-order valence-corrected chi connectivity index (χ0v) is 20.5. The van der Waals surface area contributed by atoms with Gasteiger partial charge in [0.25, 0.3) is 0 Å². The molecule has 6 nitrogen and oxygen atoms in total. The smallest absolute Gasteiger partial charge is 0.221 e. The van der Waals surface area contributed by atoms with E-state index in [1.165, 1.54) is 5.56 Å². The first-order valence-corrected chi connectivity index (χ1v) is 12.1. The van der Waals surface area contributed by atoms with Crippen LogP contribution in [-0.2, 0) is 16.0 Å². The lowest BCUT2D eigenvalue weighted by Gasteiger charge is -2.25. The summed E-state index contributed by atoms with van der Waals surface area (Å²) in [4.78, 5) is 24.4. The molecule has 0 aliphatic heterocycles. The van der Waals surface area contributed by atoms with Gasteiger partial charge in [0.05, 0.1) is 17.1 Å². The number of amides is 1. The zero-order valence-electron chi connectivity index (χ0n) is 19.8. The Balaban J connectivity index is 1.68. The predicted molar refractivity (Wildman–Crippen MR) is 142 cm³/mol. The van der Waals surface area contributed by atoms with Crippen molar-refractivity contribution in [3.05, 3.63) is 89.4 Å². The third kappa shape index (κ3) is 6.56. The quantitative estimate of drug-likeness (QED) is 0.296. The van der Waals surface area contributed by atoms with Gasteiger partial charge >= 0.3 is 0 Å². The Kier molecular flexibility index (Phi) is 8.65. The SMILES string of the molecule is COCCNC(=O)CCN(CCc1ccccc1)c1nc(-c2ccccc2Cl)nc2ccccc12. The van der Waals surface area contributed by atoms with Crippen LogP contribution >= 0.6 is 11.6 Å². The molecule has 4 aromatic rings. The van der Waals surface area contributed by atoms with Crippen LogP contribution in [0.15, 0.2) is 78.9 Å². The molecule has 0 saturated heterocycles. The van der Waals surface area contributed by atoms with Crippen LogP contribution in [0, 0.1) is 0 Å². The summed E-state index contributed by atoms with van der Waals surface area (Å²) >= 11 is 6.49. The summed E-state index contributed by atoms with van der Waals surface area (Å²) in [5, 5.41) is 4.45. The molecule has 0 unspecified atom stereocenters. The molecule has 0 bridgehead atoms. The Labute approximate surface area is 210 Å². The van der Waals surface area contributed by atoms with Crippen molar-refractivity contribution < 1.29 is 9.53 Å². The molecule has 0 aliphatic carbocycles. The molecule has 0 aliphatic rings. The first-order valence-electron chi connectivity index (χ1n) is 11.7. The van der Waals surface area contributed by atoms with Gasteiger partial charge in [0.2, 0.25) is 5.91 Å². The molecule has 1 heterocycles. The van der Waals surface area contributed by atoms with E-state index in [0.29, 0.717) is 43.5 Å². The second-order valence-electron chi connectivity index (χ2n) is 8.18. The Bertz CT molecular complexity index is 1270. The highest BCUT2D eigenvalue weighted by Gasteiger charge is 2.18. The molecule has 0 fully saturated rings. The lowest BCUT2D eigenvalue weighted by atomic mass is 10.1. The third-order valence-electron chi connectivity index (χ3n) is 5.75. The van der Waals surface area contributed by atoms with Crippen molar-refractivity contribution in [3.63, 3.8) is 0 Å². The van der Waals surface area contributed by atoms with Gasteiger partial charge in [-0.25, -0.2) is 9.97 Å². The molecule has 0 saturated carbocycles. The van der Waals surface area contributed by atoms with Gasteiger partial charge < -0.3 is 15.0 Å². The molecule has 1 aromatic heterocycles. The molecule has 0 radical (unpaired) electrons. The summed E-state index contributed by atoms with van der Waals surface area (Å²) in [7, 11) is 1.62. The molecule has 180 valence electrons. The van der Waals surface area contributed by atoms with Crippen molar-refractivity contribution in [2.24, 2.45) is 0 Å². The summed E-state index contributed by atoms with van der Waals surface area (Å²) in [6.45, 7) is 2.21. The number of para-hydroxylation sites is 1. The first kappa shape index (κ1) is 24.6. The van der Waals surface area contributed by atoms with Gasteiger partial charge in [-0.05, 0) is 36.2 Å². The van der Waals surface area contributed by atoms with Crippen molar-refractivity contribution in [3.8, 4) is 11.4 Å². The molecule has 3 aromatic carbocycles. The van der Waals surface area contributed by atoms with E-state index in [2.05, 4.69) is 22.3 Å². The Morgan fingerprint density at radius 2 is 1.69 bits per heavy atom. The number of anilines is 1. The van der Waals surface area contributed by atoms with Crippen LogP contribution in [0.3, 0.4) is 0 Å². The van der Waals surface area contributed by atoms with E-state index in [1.54, 1.807) is 7.11 Å². The highest BCUT2D eigenvalue weighted by molar-refractivity contribution is 6.33. The van der Waals surface area contributed by atoms with Gasteiger partial charge in [0.1, 0.15) is 5.82 Å². The van der Waals surface area contributed by atoms with E-state index in [4.69, 9.17) is 26.3 Å². The van der Waals surface area contributed by atoms with Crippen molar-refractivity contribution in [2.45, 2.75) is 12.8 Å². The number of carbonyl (C=O) groups excluding carboxylic acids is 1. The van der Waals surface area contributed by atoms with Gasteiger partial charge in [0, 0.05) is 44.1 Å². The fraction of sp³-hybridized carbons (Fsp3) is 0.250. The zero-order chi connectivity index (χ0) is 24.5. The van der Waals surface area contributed by atoms with Crippen molar-refractivity contribution >= 4 is 34.2 Å². The maximum Gasteiger partial charge on any atom is 0.221 e. The number of hydrogen-bond acceptors (Lipinski definition) is 5. The first-order chi connectivity index (χ1) is 17.2. The minimum atomic E-state index is -0.0172. The summed E-state index contributed by atoms with van der Waals surface area (Å²) < 4.78 is 5.03. The number of hydrogen-bond donors (Lipinski definition) is 1. The number of benzene rings is 3. The predicted octanol–water partition coefficient (Wildman–Crippen LogP) is 5.15. The number of methoxy groups -OCH3 is 1. The van der Waals surface area contributed by atoms with E-state index in [0.717, 1.165) is 28.7 Å². The molecule has 7 heteroatoms. The number of ether oxygens (including phenoxy) is 1. The van der Waals surface area contributed by atoms with Gasteiger partial charge in [0.15, 0.2) is 5.82 Å². The van der Waals surface area contributed by atoms with E-state index >= 15 is 0 Å². The van der Waals surface area contributed by atoms with Crippen LogP contribution in [0.5, 0.6) is 0 Å². The Morgan fingerprint density at radius 1 is 0.943 bits per heavy atom. The number of fused-ring (bicyclic) bond motifs is 1. The van der Waals surface area contributed by atoms with E-state index in [1.807, 2.05) is 66.7 Å². The number of carbonyl (C=O) groups is 1. The Morgan fingerprint density at radius 3 is 2.49 bits per heavy atom. The number of nitrogens with zero attached hydrogens (tertiary/aromatic N) is 3. The van der Waals surface area contributed by atoms with Crippen LogP contribution < -0.4 is 10.2 Å². The van der Waals surface area contributed by atoms with Crippen LogP contribution in [0.1, 0.15) is 12.0 Å². The summed E-state index contributed by atoms with van der Waals surface area (Å²) in [6.07, 6.45) is 1.17. The molecule has 1 N–H and O–H groups in total. The molecule has 1 amide bonds. The van der Waals surface area contributed by atoms with Crippen molar-refractivity contribution in [2.75, 3.05) is 38.3 Å². The van der Waals surface area contributed by atoms with Crippen LogP contribution in [0.2, 0.25) is 5.02 Å². The average molecular weight is 489 g/mol. The van der Waals surface area contributed by atoms with E-state index in [-0.39, 0.29) is 5.91 Å². The second-order valence-corrected chi connectivity index (χ2v) is 8.59. The normalized spacial score (nSPS) is 10.9. The fourth-order valence-electron chi connectivity index (χ4n) is 3.91. The van der Waals surface area contributed by atoms with E-state index < -0.39 is 0 Å². The number of nitrogens with one attached hydrogen (secondary N) is 1. The van der Waals surface area contributed by atoms with Crippen molar-refractivity contribution in [1.29, 1.82) is 0 Å². The molecular weight excluding hydrogens is 460 g/mol. The van der Waals surface area contributed by atoms with Crippen LogP contribution in [0.25, 0.3) is 22.3 Å². The largest absolute Gasteiger partial charge is 0.383 e. The lowest BCUT2D eigenvalue weighted by Crippen LogP contribution is -2.34. The third-order valence-corrected chi connectivity index (χ3v) is 6.08. The standard InChI is InChI=1S/C28H29ClN4O2/c1-35-20-17-30-26(34)16-19-33(18-15-21-9-3-2-4-10-21)28-23-12-6-8-14-25(23)31-27(32-28)22-11-5-7-13-24(22)29/h2-14H,15-20H2,1H3,(H,30,34). The van der Waals surface area contributed by atoms with Gasteiger partial charge in [-0.15, -0.1) is 0 Å². The second kappa shape index (κ2) is 12.3. The number of rotatable bonds is 11. The van der Waals surface area contributed by atoms with Crippen LogP contribution in [0.4, 0.5) is 5.82 Å². The van der Waals surface area contributed by atoms with Gasteiger partial charge in [-0.3, -0.25) is 4.79 Å². The maximum absolute atomic E-state index is 12.5. The monoisotopic (exact) mass is 488 g/mol.